The van der Waals surface area contributed by atoms with Crippen molar-refractivity contribution in [3.05, 3.63) is 59.2 Å². The van der Waals surface area contributed by atoms with E-state index >= 15 is 0 Å². The van der Waals surface area contributed by atoms with Crippen molar-refractivity contribution in [1.82, 2.24) is 0 Å². The predicted octanol–water partition coefficient (Wildman–Crippen LogP) is 4.10. The number of alkyl halides is 3. The summed E-state index contributed by atoms with van der Waals surface area (Å²) in [5.74, 6) is -0.710. The van der Waals surface area contributed by atoms with Crippen LogP contribution >= 0.6 is 0 Å². The van der Waals surface area contributed by atoms with Crippen LogP contribution in [0.1, 0.15) is 23.6 Å². The molecule has 0 aromatic heterocycles. The summed E-state index contributed by atoms with van der Waals surface area (Å²) >= 11 is 0. The molecular weight excluding hydrogens is 359 g/mol. The lowest BCUT2D eigenvalue weighted by molar-refractivity contribution is -0.137. The molecule has 0 unspecified atom stereocenters. The van der Waals surface area contributed by atoms with E-state index in [1.54, 1.807) is 31.2 Å². The summed E-state index contributed by atoms with van der Waals surface area (Å²) in [6, 6.07) is 12.7. The van der Waals surface area contributed by atoms with E-state index in [-0.39, 0.29) is 12.3 Å². The SMILES string of the molecule is C[C@H](COc1ccc(C#N)cc1)C(=O)Nc1ccc(C#N)c(C(F)(F)F)c1. The molecule has 0 bridgehead atoms. The van der Waals surface area contributed by atoms with Crippen molar-refractivity contribution >= 4 is 11.6 Å². The molecule has 2 aromatic rings. The Bertz CT molecular complexity index is 910. The van der Waals surface area contributed by atoms with Crippen molar-refractivity contribution in [2.24, 2.45) is 5.92 Å². The van der Waals surface area contributed by atoms with Crippen molar-refractivity contribution in [2.45, 2.75) is 13.1 Å². The third-order valence-electron chi connectivity index (χ3n) is 3.64. The number of rotatable bonds is 5. The Morgan fingerprint density at radius 2 is 1.81 bits per heavy atom. The van der Waals surface area contributed by atoms with Crippen LogP contribution in [0.4, 0.5) is 18.9 Å². The first-order valence-electron chi connectivity index (χ1n) is 7.79. The van der Waals surface area contributed by atoms with Crippen LogP contribution in [0.15, 0.2) is 42.5 Å². The van der Waals surface area contributed by atoms with E-state index in [0.717, 1.165) is 12.1 Å². The van der Waals surface area contributed by atoms with Crippen LogP contribution < -0.4 is 10.1 Å². The first-order valence-corrected chi connectivity index (χ1v) is 7.79. The number of benzene rings is 2. The van der Waals surface area contributed by atoms with Crippen molar-refractivity contribution in [3.63, 3.8) is 0 Å². The molecule has 0 aliphatic heterocycles. The number of hydrogen-bond donors (Lipinski definition) is 1. The van der Waals surface area contributed by atoms with Gasteiger partial charge < -0.3 is 10.1 Å². The van der Waals surface area contributed by atoms with Crippen LogP contribution in [-0.2, 0) is 11.0 Å². The van der Waals surface area contributed by atoms with Crippen molar-refractivity contribution in [1.29, 1.82) is 10.5 Å². The molecule has 0 radical (unpaired) electrons. The van der Waals surface area contributed by atoms with E-state index in [1.807, 2.05) is 6.07 Å². The largest absolute Gasteiger partial charge is 0.493 e. The van der Waals surface area contributed by atoms with Gasteiger partial charge in [-0.15, -0.1) is 0 Å². The predicted molar refractivity (Wildman–Crippen MR) is 90.6 cm³/mol. The second kappa shape index (κ2) is 8.24. The maximum Gasteiger partial charge on any atom is 0.417 e. The van der Waals surface area contributed by atoms with Gasteiger partial charge in [-0.1, -0.05) is 6.92 Å². The second-order valence-corrected chi connectivity index (χ2v) is 5.71. The molecule has 2 aromatic carbocycles. The van der Waals surface area contributed by atoms with Crippen molar-refractivity contribution in [3.8, 4) is 17.9 Å². The second-order valence-electron chi connectivity index (χ2n) is 5.71. The number of ether oxygens (including phenoxy) is 1. The van der Waals surface area contributed by atoms with Crippen LogP contribution in [0, 0.1) is 28.6 Å². The van der Waals surface area contributed by atoms with Crippen LogP contribution in [0.25, 0.3) is 0 Å². The number of nitrogens with zero attached hydrogens (tertiary/aromatic N) is 2. The van der Waals surface area contributed by atoms with Crippen LogP contribution in [0.2, 0.25) is 0 Å². The summed E-state index contributed by atoms with van der Waals surface area (Å²) in [4.78, 5) is 12.2. The van der Waals surface area contributed by atoms with Gasteiger partial charge in [-0.25, -0.2) is 0 Å². The highest BCUT2D eigenvalue weighted by Crippen LogP contribution is 2.33. The third kappa shape index (κ3) is 5.23. The minimum absolute atomic E-state index is 0.000140. The first kappa shape index (κ1) is 19.8. The standard InChI is InChI=1S/C19H14F3N3O2/c1-12(11-27-16-6-2-13(9-23)3-7-16)18(26)25-15-5-4-14(10-24)17(8-15)19(20,21)22/h2-8,12H,11H2,1H3,(H,25,26)/t12-/m1/s1. The van der Waals surface area contributed by atoms with Gasteiger partial charge >= 0.3 is 6.18 Å². The lowest BCUT2D eigenvalue weighted by Crippen LogP contribution is -2.25. The molecule has 8 heteroatoms. The monoisotopic (exact) mass is 373 g/mol. The van der Waals surface area contributed by atoms with E-state index in [1.165, 1.54) is 12.1 Å². The lowest BCUT2D eigenvalue weighted by atomic mass is 10.1. The summed E-state index contributed by atoms with van der Waals surface area (Å²) in [5.41, 5.74) is -1.21. The van der Waals surface area contributed by atoms with Gasteiger partial charge in [0.25, 0.3) is 0 Å². The number of hydrogen-bond acceptors (Lipinski definition) is 4. The van der Waals surface area contributed by atoms with E-state index in [0.29, 0.717) is 11.3 Å². The molecular formula is C19H14F3N3O2. The van der Waals surface area contributed by atoms with Crippen molar-refractivity contribution in [2.75, 3.05) is 11.9 Å². The van der Waals surface area contributed by atoms with Crippen molar-refractivity contribution < 1.29 is 22.7 Å². The molecule has 0 saturated heterocycles. The minimum Gasteiger partial charge on any atom is -0.493 e. The molecule has 27 heavy (non-hydrogen) atoms. The summed E-state index contributed by atoms with van der Waals surface area (Å²) in [5, 5.41) is 19.9. The molecule has 1 N–H and O–H groups in total. The molecule has 2 rings (SSSR count). The summed E-state index contributed by atoms with van der Waals surface area (Å²) in [7, 11) is 0. The van der Waals surface area contributed by atoms with E-state index in [9.17, 15) is 18.0 Å². The molecule has 1 atom stereocenters. The summed E-state index contributed by atoms with van der Waals surface area (Å²) < 4.78 is 44.4. The number of halogens is 3. The van der Waals surface area contributed by atoms with Crippen LogP contribution in [0.5, 0.6) is 5.75 Å². The van der Waals surface area contributed by atoms with Gasteiger partial charge in [0.2, 0.25) is 5.91 Å². The Labute approximate surface area is 153 Å². The Kier molecular flexibility index (Phi) is 6.04. The number of anilines is 1. The third-order valence-corrected chi connectivity index (χ3v) is 3.64. The normalized spacial score (nSPS) is 11.8. The first-order chi connectivity index (χ1) is 12.7. The van der Waals surface area contributed by atoms with E-state index < -0.39 is 29.1 Å². The fourth-order valence-electron chi connectivity index (χ4n) is 2.14. The maximum atomic E-state index is 13.0. The zero-order valence-corrected chi connectivity index (χ0v) is 14.2. The molecule has 0 aliphatic carbocycles. The van der Waals surface area contributed by atoms with E-state index in [2.05, 4.69) is 5.32 Å². The van der Waals surface area contributed by atoms with Gasteiger partial charge in [-0.3, -0.25) is 4.79 Å². The number of nitrogens with one attached hydrogen (secondary N) is 1. The van der Waals surface area contributed by atoms with Gasteiger partial charge in [0.15, 0.2) is 0 Å². The van der Waals surface area contributed by atoms with Gasteiger partial charge in [-0.2, -0.15) is 23.7 Å². The highest BCUT2D eigenvalue weighted by molar-refractivity contribution is 5.92. The minimum atomic E-state index is -4.70. The van der Waals surface area contributed by atoms with Crippen LogP contribution in [0.3, 0.4) is 0 Å². The highest BCUT2D eigenvalue weighted by atomic mass is 19.4. The van der Waals surface area contributed by atoms with Gasteiger partial charge in [-0.05, 0) is 42.5 Å². The smallest absolute Gasteiger partial charge is 0.417 e. The highest BCUT2D eigenvalue weighted by Gasteiger charge is 2.34. The van der Waals surface area contributed by atoms with E-state index in [4.69, 9.17) is 15.3 Å². The maximum absolute atomic E-state index is 13.0. The molecule has 0 heterocycles. The molecule has 1 amide bonds. The molecule has 0 aliphatic rings. The fraction of sp³-hybridized carbons (Fsp3) is 0.211. The lowest BCUT2D eigenvalue weighted by Gasteiger charge is -2.15. The molecule has 0 spiro atoms. The molecule has 138 valence electrons. The Morgan fingerprint density at radius 3 is 2.37 bits per heavy atom. The van der Waals surface area contributed by atoms with Gasteiger partial charge in [0.1, 0.15) is 5.75 Å². The summed E-state index contributed by atoms with van der Waals surface area (Å²) in [6.45, 7) is 1.56. The Morgan fingerprint density at radius 1 is 1.15 bits per heavy atom. The zero-order chi connectivity index (χ0) is 20.0. The number of carbonyl (C=O) groups is 1. The Balaban J connectivity index is 2.01. The average Bonchev–Trinajstić information content (AvgIpc) is 2.65. The molecule has 5 nitrogen and oxygen atoms in total. The summed E-state index contributed by atoms with van der Waals surface area (Å²) in [6.07, 6.45) is -4.70. The zero-order valence-electron chi connectivity index (χ0n) is 14.2. The quantitative estimate of drug-likeness (QED) is 0.855. The van der Waals surface area contributed by atoms with Gasteiger partial charge in [0, 0.05) is 5.69 Å². The van der Waals surface area contributed by atoms with Crippen LogP contribution in [-0.4, -0.2) is 12.5 Å². The number of carbonyl (C=O) groups excluding carboxylic acids is 1. The fourth-order valence-corrected chi connectivity index (χ4v) is 2.14. The number of amides is 1. The average molecular weight is 373 g/mol. The topological polar surface area (TPSA) is 85.9 Å². The molecule has 0 fully saturated rings. The number of nitriles is 2. The molecule has 0 saturated carbocycles. The Hall–Kier alpha value is -3.52. The van der Waals surface area contributed by atoms with Gasteiger partial charge in [0.05, 0.1) is 41.4 Å².